The van der Waals surface area contributed by atoms with Crippen LogP contribution < -0.4 is 5.32 Å². The lowest BCUT2D eigenvalue weighted by atomic mass is 9.85. The molecule has 1 aromatic rings. The predicted octanol–water partition coefficient (Wildman–Crippen LogP) is 3.24. The van der Waals surface area contributed by atoms with E-state index >= 15 is 0 Å². The number of aliphatic hydroxyl groups is 3. The molecule has 0 saturated carbocycles. The summed E-state index contributed by atoms with van der Waals surface area (Å²) in [6, 6.07) is 5.48. The summed E-state index contributed by atoms with van der Waals surface area (Å²) in [7, 11) is 0. The summed E-state index contributed by atoms with van der Waals surface area (Å²) >= 11 is 0.917. The number of fused-ring (bicyclic) bond motifs is 1. The number of carbonyl (C=O) groups excluding carboxylic acids is 2. The van der Waals surface area contributed by atoms with Gasteiger partial charge in [0, 0.05) is 19.1 Å². The molecule has 10 nitrogen and oxygen atoms in total. The fourth-order valence-corrected chi connectivity index (χ4v) is 7.23. The van der Waals surface area contributed by atoms with Gasteiger partial charge in [0.05, 0.1) is 17.7 Å². The molecule has 0 spiro atoms. The highest BCUT2D eigenvalue weighted by atomic mass is 32.2. The summed E-state index contributed by atoms with van der Waals surface area (Å²) in [5.74, 6) is -0.582. The van der Waals surface area contributed by atoms with Gasteiger partial charge >= 0.3 is 12.3 Å². The first-order chi connectivity index (χ1) is 21.2. The number of aliphatic hydroxyl groups excluding tert-OH is 3. The smallest absolute Gasteiger partial charge is 0.414 e. The quantitative estimate of drug-likeness (QED) is 0.294. The molecule has 3 fully saturated rings. The van der Waals surface area contributed by atoms with Gasteiger partial charge < -0.3 is 34.8 Å². The van der Waals surface area contributed by atoms with Gasteiger partial charge in [0.15, 0.2) is 0 Å². The third-order valence-corrected chi connectivity index (χ3v) is 9.59. The van der Waals surface area contributed by atoms with E-state index in [1.54, 1.807) is 24.3 Å². The highest BCUT2D eigenvalue weighted by Gasteiger charge is 2.54. The van der Waals surface area contributed by atoms with Crippen molar-refractivity contribution in [3.05, 3.63) is 48.0 Å². The monoisotopic (exact) mass is 660 g/mol. The number of rotatable bonds is 9. The van der Waals surface area contributed by atoms with Gasteiger partial charge in [-0.25, -0.2) is 4.79 Å². The maximum Gasteiger partial charge on any atom is 0.414 e. The molecule has 0 aromatic heterocycles. The second kappa shape index (κ2) is 15.0. The Hall–Kier alpha value is -2.36. The zero-order valence-corrected chi connectivity index (χ0v) is 26.4. The van der Waals surface area contributed by atoms with E-state index in [1.807, 2.05) is 6.07 Å². The number of halogens is 3. The molecule has 10 atom stereocenters. The Morgan fingerprint density at radius 2 is 1.84 bits per heavy atom. The first-order valence-corrected chi connectivity index (χ1v) is 16.4. The summed E-state index contributed by atoms with van der Waals surface area (Å²) < 4.78 is 59.5. The number of benzene rings is 1. The van der Waals surface area contributed by atoms with E-state index in [2.05, 4.69) is 25.7 Å². The van der Waals surface area contributed by atoms with Crippen LogP contribution in [0.2, 0.25) is 0 Å². The van der Waals surface area contributed by atoms with Crippen molar-refractivity contribution in [3.63, 3.8) is 0 Å². The summed E-state index contributed by atoms with van der Waals surface area (Å²) in [5, 5.41) is 33.7. The van der Waals surface area contributed by atoms with Gasteiger partial charge in [-0.1, -0.05) is 50.8 Å². The minimum absolute atomic E-state index is 0.0808. The molecule has 0 aliphatic carbocycles. The molecule has 3 aliphatic heterocycles. The maximum absolute atomic E-state index is 14.1. The minimum atomic E-state index is -5.02. The molecule has 3 heterocycles. The Labute approximate surface area is 265 Å². The van der Waals surface area contributed by atoms with Crippen LogP contribution in [0.5, 0.6) is 0 Å². The number of alkyl halides is 3. The van der Waals surface area contributed by atoms with Crippen molar-refractivity contribution in [1.29, 1.82) is 0 Å². The van der Waals surface area contributed by atoms with Crippen LogP contribution in [0.3, 0.4) is 0 Å². The van der Waals surface area contributed by atoms with Crippen LogP contribution in [0, 0.1) is 17.8 Å². The molecule has 3 unspecified atom stereocenters. The number of hydrogen-bond acceptors (Lipinski definition) is 9. The molecule has 0 radical (unpaired) electrons. The Balaban J connectivity index is 1.63. The second-order valence-electron chi connectivity index (χ2n) is 12.4. The van der Waals surface area contributed by atoms with Crippen LogP contribution in [0.25, 0.3) is 0 Å². The summed E-state index contributed by atoms with van der Waals surface area (Å²) in [5.41, 5.74) is -1.92. The highest BCUT2D eigenvalue weighted by molar-refractivity contribution is 7.99. The molecule has 3 aliphatic rings. The third-order valence-electron chi connectivity index (χ3n) is 8.73. The SMILES string of the molecule is C=C([C@@H](NC(=O)[C@@H]1[C@@H]2OCC[C@@H](CC(C)C)C[C@H]2CN1C(=O)OCc1ccccc1)[C@H]1OC(SC)[C@H](O)C(O)C1O)C(F)(F)F. The number of carbonyl (C=O) groups is 2. The zero-order valence-electron chi connectivity index (χ0n) is 25.6. The van der Waals surface area contributed by atoms with E-state index in [9.17, 15) is 38.1 Å². The van der Waals surface area contributed by atoms with Crippen molar-refractivity contribution in [2.75, 3.05) is 19.4 Å². The number of amides is 2. The van der Waals surface area contributed by atoms with Crippen molar-refractivity contribution < 1.29 is 52.3 Å². The molecule has 252 valence electrons. The Kier molecular flexibility index (Phi) is 11.9. The fraction of sp³-hybridized carbons (Fsp3) is 0.677. The van der Waals surface area contributed by atoms with E-state index in [4.69, 9.17) is 14.2 Å². The predicted molar refractivity (Wildman–Crippen MR) is 160 cm³/mol. The molecule has 4 rings (SSSR count). The molecular weight excluding hydrogens is 617 g/mol. The molecule has 4 N–H and O–H groups in total. The lowest BCUT2D eigenvalue weighted by Crippen LogP contribution is -2.65. The van der Waals surface area contributed by atoms with E-state index in [-0.39, 0.29) is 25.0 Å². The Morgan fingerprint density at radius 1 is 1.16 bits per heavy atom. The largest absolute Gasteiger partial charge is 0.445 e. The molecule has 3 saturated heterocycles. The number of ether oxygens (including phenoxy) is 3. The molecule has 45 heavy (non-hydrogen) atoms. The number of nitrogens with one attached hydrogen (secondary N) is 1. The molecule has 14 heteroatoms. The topological polar surface area (TPSA) is 138 Å². The van der Waals surface area contributed by atoms with Crippen molar-refractivity contribution in [3.8, 4) is 0 Å². The van der Waals surface area contributed by atoms with Gasteiger partial charge in [-0.3, -0.25) is 9.69 Å². The lowest BCUT2D eigenvalue weighted by molar-refractivity contribution is -0.207. The van der Waals surface area contributed by atoms with Crippen LogP contribution in [0.1, 0.15) is 38.7 Å². The van der Waals surface area contributed by atoms with Crippen LogP contribution >= 0.6 is 11.8 Å². The summed E-state index contributed by atoms with van der Waals surface area (Å²) in [4.78, 5) is 28.7. The molecule has 0 bridgehead atoms. The van der Waals surface area contributed by atoms with Crippen LogP contribution in [0.4, 0.5) is 18.0 Å². The van der Waals surface area contributed by atoms with Gasteiger partial charge in [-0.2, -0.15) is 13.2 Å². The fourth-order valence-electron chi connectivity index (χ4n) is 6.55. The first kappa shape index (κ1) is 35.5. The van der Waals surface area contributed by atoms with Crippen LogP contribution in [-0.4, -0.2) is 106 Å². The van der Waals surface area contributed by atoms with Gasteiger partial charge in [0.2, 0.25) is 5.91 Å². The molecule has 2 amide bonds. The minimum Gasteiger partial charge on any atom is -0.445 e. The highest BCUT2D eigenvalue weighted by Crippen LogP contribution is 2.39. The first-order valence-electron chi connectivity index (χ1n) is 15.1. The summed E-state index contributed by atoms with van der Waals surface area (Å²) in [6.07, 6.45) is -10.1. The van der Waals surface area contributed by atoms with Crippen molar-refractivity contribution >= 4 is 23.8 Å². The third kappa shape index (κ3) is 8.33. The van der Waals surface area contributed by atoms with Gasteiger partial charge in [-0.05, 0) is 42.9 Å². The van der Waals surface area contributed by atoms with E-state index < -0.39 is 71.8 Å². The van der Waals surface area contributed by atoms with Crippen LogP contribution in [0.15, 0.2) is 42.5 Å². The van der Waals surface area contributed by atoms with Gasteiger partial charge in [0.25, 0.3) is 0 Å². The Bertz CT molecular complexity index is 1170. The number of nitrogens with zero attached hydrogens (tertiary/aromatic N) is 1. The molecular formula is C31H43F3N2O8S. The van der Waals surface area contributed by atoms with Crippen molar-refractivity contribution in [2.45, 2.75) is 93.9 Å². The van der Waals surface area contributed by atoms with Crippen LogP contribution in [-0.2, 0) is 25.6 Å². The van der Waals surface area contributed by atoms with E-state index in [0.29, 0.717) is 24.5 Å². The van der Waals surface area contributed by atoms with E-state index in [1.165, 1.54) is 11.2 Å². The van der Waals surface area contributed by atoms with Crippen molar-refractivity contribution in [1.82, 2.24) is 10.2 Å². The number of thioether (sulfide) groups is 1. The van der Waals surface area contributed by atoms with Gasteiger partial charge in [-0.15, -0.1) is 11.8 Å². The standard InChI is InChI=1S/C31H43F3N2O8S/c1-16(2)12-19-10-11-42-26-20(13-19)14-36(30(41)43-15-18-8-6-5-7-9-18)22(26)28(40)35-21(17(3)31(32,33)34)27-24(38)23(37)25(39)29(44-27)45-4/h5-9,16,19-27,29,37-39H,3,10-15H2,1-2,4H3,(H,35,40)/t19-,20-,21+,22-,23?,24?,25+,26+,27+,29?/m0/s1. The number of hydrogen-bond donors (Lipinski definition) is 4. The van der Waals surface area contributed by atoms with Crippen molar-refractivity contribution in [2.24, 2.45) is 17.8 Å². The van der Waals surface area contributed by atoms with Gasteiger partial charge in [0.1, 0.15) is 42.5 Å². The lowest BCUT2D eigenvalue weighted by Gasteiger charge is -2.44. The Morgan fingerprint density at radius 3 is 2.47 bits per heavy atom. The normalized spacial score (nSPS) is 32.8. The summed E-state index contributed by atoms with van der Waals surface area (Å²) in [6.45, 7) is 7.67. The zero-order chi connectivity index (χ0) is 33.1. The average Bonchev–Trinajstić information content (AvgIpc) is 3.23. The number of likely N-dealkylation sites (tertiary alicyclic amines) is 1. The maximum atomic E-state index is 14.1. The average molecular weight is 661 g/mol. The van der Waals surface area contributed by atoms with E-state index in [0.717, 1.165) is 24.6 Å². The second-order valence-corrected chi connectivity index (χ2v) is 13.4. The molecule has 1 aromatic carbocycles.